The molecule has 3 rings (SSSR count). The first-order valence-corrected chi connectivity index (χ1v) is 9.06. The Labute approximate surface area is 127 Å². The van der Waals surface area contributed by atoms with Crippen LogP contribution in [0.25, 0.3) is 0 Å². The summed E-state index contributed by atoms with van der Waals surface area (Å²) in [5.74, 6) is 1.38. The van der Waals surface area contributed by atoms with Crippen molar-refractivity contribution in [3.63, 3.8) is 0 Å². The summed E-state index contributed by atoms with van der Waals surface area (Å²) in [4.78, 5) is 4.47. The molecule has 1 aliphatic carbocycles. The number of rotatable bonds is 5. The van der Waals surface area contributed by atoms with Crippen molar-refractivity contribution < 1.29 is 12.8 Å². The van der Waals surface area contributed by atoms with E-state index in [1.165, 1.54) is 11.3 Å². The lowest BCUT2D eigenvalue weighted by Gasteiger charge is -2.06. The minimum atomic E-state index is -3.73. The van der Waals surface area contributed by atoms with Crippen LogP contribution in [0.5, 0.6) is 0 Å². The highest BCUT2D eigenvalue weighted by molar-refractivity contribution is 7.93. The second kappa shape index (κ2) is 5.11. The fourth-order valence-electron chi connectivity index (χ4n) is 2.36. The van der Waals surface area contributed by atoms with Crippen LogP contribution in [0.15, 0.2) is 14.7 Å². The lowest BCUT2D eigenvalue weighted by Crippen LogP contribution is -2.16. The number of furan rings is 1. The van der Waals surface area contributed by atoms with E-state index < -0.39 is 10.0 Å². The van der Waals surface area contributed by atoms with Gasteiger partial charge in [-0.25, -0.2) is 13.4 Å². The van der Waals surface area contributed by atoms with Crippen LogP contribution >= 0.6 is 11.3 Å². The Kier molecular flexibility index (Phi) is 3.54. The van der Waals surface area contributed by atoms with E-state index in [-0.39, 0.29) is 11.4 Å². The summed E-state index contributed by atoms with van der Waals surface area (Å²) in [7, 11) is -3.73. The first kappa shape index (κ1) is 14.6. The van der Waals surface area contributed by atoms with Gasteiger partial charge in [-0.3, -0.25) is 4.72 Å². The minimum absolute atomic E-state index is 0.116. The maximum absolute atomic E-state index is 12.6. The zero-order valence-electron chi connectivity index (χ0n) is 11.8. The number of aryl methyl sites for hydroxylation is 2. The Morgan fingerprint density at radius 1 is 1.43 bits per heavy atom. The second-order valence-electron chi connectivity index (χ2n) is 5.18. The summed E-state index contributed by atoms with van der Waals surface area (Å²) in [5.41, 5.74) is 7.12. The van der Waals surface area contributed by atoms with Crippen LogP contribution in [-0.4, -0.2) is 13.4 Å². The molecule has 0 radical (unpaired) electrons. The van der Waals surface area contributed by atoms with Gasteiger partial charge in [-0.1, -0.05) is 0 Å². The van der Waals surface area contributed by atoms with E-state index in [9.17, 15) is 8.42 Å². The summed E-state index contributed by atoms with van der Waals surface area (Å²) in [6.45, 7) is 3.45. The largest absolute Gasteiger partial charge is 0.465 e. The van der Waals surface area contributed by atoms with Gasteiger partial charge in [-0.05, 0) is 26.7 Å². The van der Waals surface area contributed by atoms with Gasteiger partial charge in [-0.2, -0.15) is 0 Å². The van der Waals surface area contributed by atoms with Crippen LogP contribution in [0.4, 0.5) is 5.13 Å². The normalized spacial score (nSPS) is 15.4. The molecule has 0 atom stereocenters. The second-order valence-corrected chi connectivity index (χ2v) is 7.66. The van der Waals surface area contributed by atoms with Crippen molar-refractivity contribution in [2.75, 3.05) is 4.72 Å². The molecule has 0 unspecified atom stereocenters. The number of nitrogens with one attached hydrogen (secondary N) is 1. The van der Waals surface area contributed by atoms with Crippen molar-refractivity contribution in [3.8, 4) is 0 Å². The predicted octanol–water partition coefficient (Wildman–Crippen LogP) is 2.49. The van der Waals surface area contributed by atoms with E-state index in [1.54, 1.807) is 13.8 Å². The third-order valence-electron chi connectivity index (χ3n) is 3.54. The molecule has 0 spiro atoms. The van der Waals surface area contributed by atoms with Crippen LogP contribution < -0.4 is 10.5 Å². The minimum Gasteiger partial charge on any atom is -0.465 e. The monoisotopic (exact) mass is 327 g/mol. The predicted molar refractivity (Wildman–Crippen MR) is 81.0 cm³/mol. The summed E-state index contributed by atoms with van der Waals surface area (Å²) < 4.78 is 33.0. The SMILES string of the molecule is Cc1oc(C)c(S(=O)(=O)Nc2nc(C3CC3)cs2)c1CN. The van der Waals surface area contributed by atoms with Gasteiger partial charge in [0.25, 0.3) is 10.0 Å². The quantitative estimate of drug-likeness (QED) is 0.879. The van der Waals surface area contributed by atoms with Crippen molar-refractivity contribution in [1.82, 2.24) is 4.98 Å². The van der Waals surface area contributed by atoms with Crippen LogP contribution in [0.3, 0.4) is 0 Å². The number of nitrogens with zero attached hydrogens (tertiary/aromatic N) is 1. The first-order valence-electron chi connectivity index (χ1n) is 6.69. The number of nitrogens with two attached hydrogens (primary N) is 1. The number of thiazole rings is 1. The summed E-state index contributed by atoms with van der Waals surface area (Å²) in [6, 6.07) is 0. The molecular formula is C13H17N3O3S2. The molecule has 21 heavy (non-hydrogen) atoms. The molecule has 0 saturated heterocycles. The summed E-state index contributed by atoms with van der Waals surface area (Å²) in [5, 5.41) is 2.30. The zero-order chi connectivity index (χ0) is 15.2. The molecule has 0 aliphatic heterocycles. The number of hydrogen-bond acceptors (Lipinski definition) is 6. The molecule has 8 heteroatoms. The maximum atomic E-state index is 12.6. The standard InChI is InChI=1S/C13H17N3O3S2/c1-7-10(5-14)12(8(2)19-7)21(17,18)16-13-15-11(6-20-13)9-3-4-9/h6,9H,3-5,14H2,1-2H3,(H,15,16). The van der Waals surface area contributed by atoms with Gasteiger partial charge in [0.1, 0.15) is 16.4 Å². The van der Waals surface area contributed by atoms with Gasteiger partial charge in [0.2, 0.25) is 0 Å². The van der Waals surface area contributed by atoms with E-state index in [0.29, 0.717) is 28.1 Å². The van der Waals surface area contributed by atoms with Crippen molar-refractivity contribution in [3.05, 3.63) is 28.2 Å². The van der Waals surface area contributed by atoms with Crippen LogP contribution in [0, 0.1) is 13.8 Å². The Morgan fingerprint density at radius 3 is 2.76 bits per heavy atom. The summed E-state index contributed by atoms with van der Waals surface area (Å²) in [6.07, 6.45) is 2.26. The highest BCUT2D eigenvalue weighted by atomic mass is 32.2. The van der Waals surface area contributed by atoms with Crippen LogP contribution in [-0.2, 0) is 16.6 Å². The molecule has 2 aromatic heterocycles. The van der Waals surface area contributed by atoms with Gasteiger partial charge in [0, 0.05) is 23.4 Å². The van der Waals surface area contributed by atoms with Gasteiger partial charge in [0.05, 0.1) is 5.69 Å². The average molecular weight is 327 g/mol. The molecule has 114 valence electrons. The fraction of sp³-hybridized carbons (Fsp3) is 0.462. The lowest BCUT2D eigenvalue weighted by atomic mass is 10.2. The molecule has 2 heterocycles. The van der Waals surface area contributed by atoms with Gasteiger partial charge in [0.15, 0.2) is 5.13 Å². The molecular weight excluding hydrogens is 310 g/mol. The van der Waals surface area contributed by atoms with Crippen molar-refractivity contribution in [1.29, 1.82) is 0 Å². The Morgan fingerprint density at radius 2 is 2.14 bits per heavy atom. The number of anilines is 1. The number of sulfonamides is 1. The van der Waals surface area contributed by atoms with Crippen molar-refractivity contribution in [2.45, 2.75) is 44.0 Å². The molecule has 1 aliphatic rings. The first-order chi connectivity index (χ1) is 9.92. The molecule has 6 nitrogen and oxygen atoms in total. The van der Waals surface area contributed by atoms with Gasteiger partial charge < -0.3 is 10.2 Å². The Bertz CT molecular complexity index is 773. The average Bonchev–Trinajstić information content (AvgIpc) is 3.08. The van der Waals surface area contributed by atoms with Crippen molar-refractivity contribution in [2.24, 2.45) is 5.73 Å². The molecule has 0 bridgehead atoms. The van der Waals surface area contributed by atoms with Crippen molar-refractivity contribution >= 4 is 26.5 Å². The van der Waals surface area contributed by atoms with E-state index in [1.807, 2.05) is 5.38 Å². The molecule has 3 N–H and O–H groups in total. The Hall–Kier alpha value is -1.38. The molecule has 0 aromatic carbocycles. The molecule has 1 saturated carbocycles. The smallest absolute Gasteiger partial charge is 0.267 e. The topological polar surface area (TPSA) is 98.2 Å². The van der Waals surface area contributed by atoms with Gasteiger partial charge >= 0.3 is 0 Å². The lowest BCUT2D eigenvalue weighted by molar-refractivity contribution is 0.494. The molecule has 2 aromatic rings. The third kappa shape index (κ3) is 2.70. The van der Waals surface area contributed by atoms with Gasteiger partial charge in [-0.15, -0.1) is 11.3 Å². The van der Waals surface area contributed by atoms with E-state index in [4.69, 9.17) is 10.2 Å². The third-order valence-corrected chi connectivity index (χ3v) is 5.98. The van der Waals surface area contributed by atoms with E-state index in [0.717, 1.165) is 18.5 Å². The molecule has 0 amide bonds. The number of aromatic nitrogens is 1. The molecule has 1 fully saturated rings. The summed E-state index contributed by atoms with van der Waals surface area (Å²) >= 11 is 1.30. The van der Waals surface area contributed by atoms with Crippen LogP contribution in [0.1, 0.15) is 41.5 Å². The van der Waals surface area contributed by atoms with Crippen LogP contribution in [0.2, 0.25) is 0 Å². The highest BCUT2D eigenvalue weighted by Gasteiger charge is 2.29. The Balaban J connectivity index is 1.92. The fourth-order valence-corrected chi connectivity index (χ4v) is 4.87. The maximum Gasteiger partial charge on any atom is 0.267 e. The zero-order valence-corrected chi connectivity index (χ0v) is 13.5. The highest BCUT2D eigenvalue weighted by Crippen LogP contribution is 2.41. The van der Waals surface area contributed by atoms with E-state index >= 15 is 0 Å². The van der Waals surface area contributed by atoms with E-state index in [2.05, 4.69) is 9.71 Å². The number of hydrogen-bond donors (Lipinski definition) is 2.